The first-order chi connectivity index (χ1) is 11.6. The number of nitrogens with zero attached hydrogens (tertiary/aromatic N) is 2. The fraction of sp³-hybridized carbons (Fsp3) is 0.722. The Balaban J connectivity index is 0.00000169. The van der Waals surface area contributed by atoms with Crippen molar-refractivity contribution in [1.29, 1.82) is 0 Å². The van der Waals surface area contributed by atoms with Crippen LogP contribution >= 0.6 is 36.2 Å². The van der Waals surface area contributed by atoms with Crippen LogP contribution in [0.5, 0.6) is 0 Å². The van der Waals surface area contributed by atoms with Crippen LogP contribution in [0.3, 0.4) is 0 Å². The van der Waals surface area contributed by atoms with Gasteiger partial charge < -0.3 is 15.4 Å². The van der Waals surface area contributed by atoms with E-state index in [1.807, 2.05) is 11.9 Å². The lowest BCUT2D eigenvalue weighted by atomic mass is 9.85. The third-order valence-electron chi connectivity index (χ3n) is 5.25. The lowest BCUT2D eigenvalue weighted by molar-refractivity contribution is -0.136. The SMILES string of the molecule is CN(CC(c1cccs1)N1CCOCC1)C(=O)C1CCCC(N)C1.Cl.Cl. The monoisotopic (exact) mass is 423 g/mol. The highest BCUT2D eigenvalue weighted by Crippen LogP contribution is 2.29. The largest absolute Gasteiger partial charge is 0.379 e. The lowest BCUT2D eigenvalue weighted by Gasteiger charge is -2.37. The molecule has 0 bridgehead atoms. The van der Waals surface area contributed by atoms with Crippen LogP contribution in [0.15, 0.2) is 17.5 Å². The van der Waals surface area contributed by atoms with Crippen LogP contribution in [0.4, 0.5) is 0 Å². The number of ether oxygens (including phenoxy) is 1. The maximum atomic E-state index is 12.9. The summed E-state index contributed by atoms with van der Waals surface area (Å²) in [4.78, 5) is 18.6. The van der Waals surface area contributed by atoms with E-state index >= 15 is 0 Å². The number of hydrogen-bond donors (Lipinski definition) is 1. The van der Waals surface area contributed by atoms with Crippen molar-refractivity contribution in [2.45, 2.75) is 37.8 Å². The van der Waals surface area contributed by atoms with E-state index in [4.69, 9.17) is 10.5 Å². The van der Waals surface area contributed by atoms with E-state index in [2.05, 4.69) is 22.4 Å². The molecular weight excluding hydrogens is 393 g/mol. The standard InChI is InChI=1S/C18H29N3O2S.2ClH/c1-20(18(22)14-4-2-5-15(19)12-14)13-16(17-6-3-11-24-17)21-7-9-23-10-8-21;;/h3,6,11,14-16H,2,4-5,7-10,12-13,19H2,1H3;2*1H. The molecule has 1 aromatic rings. The Morgan fingerprint density at radius 2 is 2.12 bits per heavy atom. The molecule has 3 rings (SSSR count). The quantitative estimate of drug-likeness (QED) is 0.790. The molecule has 5 nitrogen and oxygen atoms in total. The molecule has 0 radical (unpaired) electrons. The average molecular weight is 424 g/mol. The van der Waals surface area contributed by atoms with E-state index in [9.17, 15) is 4.79 Å². The second-order valence-corrected chi connectivity index (χ2v) is 8.00. The van der Waals surface area contributed by atoms with Crippen LogP contribution in [-0.4, -0.2) is 61.6 Å². The lowest BCUT2D eigenvalue weighted by Crippen LogP contribution is -2.46. The average Bonchev–Trinajstić information content (AvgIpc) is 3.14. The molecule has 1 aliphatic heterocycles. The van der Waals surface area contributed by atoms with E-state index in [-0.39, 0.29) is 48.7 Å². The highest BCUT2D eigenvalue weighted by atomic mass is 35.5. The van der Waals surface area contributed by atoms with Crippen LogP contribution in [0.1, 0.15) is 36.6 Å². The minimum absolute atomic E-state index is 0. The highest BCUT2D eigenvalue weighted by molar-refractivity contribution is 7.10. The number of thiophene rings is 1. The number of amides is 1. The van der Waals surface area contributed by atoms with Crippen molar-refractivity contribution in [3.05, 3.63) is 22.4 Å². The van der Waals surface area contributed by atoms with Crippen molar-refractivity contribution in [2.75, 3.05) is 39.9 Å². The van der Waals surface area contributed by atoms with Gasteiger partial charge in [-0.1, -0.05) is 12.5 Å². The van der Waals surface area contributed by atoms with Gasteiger partial charge in [-0.3, -0.25) is 9.69 Å². The van der Waals surface area contributed by atoms with Gasteiger partial charge in [0.15, 0.2) is 0 Å². The first-order valence-electron chi connectivity index (χ1n) is 9.01. The first kappa shape index (κ1) is 23.7. The molecular formula is C18H31Cl2N3O2S. The molecule has 1 amide bonds. The smallest absolute Gasteiger partial charge is 0.225 e. The Morgan fingerprint density at radius 1 is 1.38 bits per heavy atom. The highest BCUT2D eigenvalue weighted by Gasteiger charge is 2.31. The molecule has 2 aliphatic rings. The van der Waals surface area contributed by atoms with E-state index in [1.165, 1.54) is 4.88 Å². The molecule has 1 saturated carbocycles. The minimum Gasteiger partial charge on any atom is -0.379 e. The van der Waals surface area contributed by atoms with Crippen LogP contribution in [0, 0.1) is 5.92 Å². The van der Waals surface area contributed by atoms with Crippen molar-refractivity contribution in [2.24, 2.45) is 11.7 Å². The minimum atomic E-state index is 0. The van der Waals surface area contributed by atoms with Crippen molar-refractivity contribution in [3.63, 3.8) is 0 Å². The molecule has 1 saturated heterocycles. The van der Waals surface area contributed by atoms with Crippen molar-refractivity contribution >= 4 is 42.1 Å². The van der Waals surface area contributed by atoms with Gasteiger partial charge in [-0.2, -0.15) is 0 Å². The molecule has 0 aromatic carbocycles. The number of hydrogen-bond acceptors (Lipinski definition) is 5. The molecule has 26 heavy (non-hydrogen) atoms. The summed E-state index contributed by atoms with van der Waals surface area (Å²) in [6, 6.07) is 4.73. The molecule has 1 aromatic heterocycles. The Morgan fingerprint density at radius 3 is 2.73 bits per heavy atom. The predicted octanol–water partition coefficient (Wildman–Crippen LogP) is 2.94. The summed E-state index contributed by atoms with van der Waals surface area (Å²) in [5.41, 5.74) is 6.07. The van der Waals surface area contributed by atoms with E-state index in [0.717, 1.165) is 58.5 Å². The zero-order chi connectivity index (χ0) is 16.9. The normalized spacial score (nSPS) is 24.8. The zero-order valence-corrected chi connectivity index (χ0v) is 17.8. The van der Waals surface area contributed by atoms with Crippen LogP contribution < -0.4 is 5.73 Å². The predicted molar refractivity (Wildman–Crippen MR) is 112 cm³/mol. The zero-order valence-electron chi connectivity index (χ0n) is 15.3. The second-order valence-electron chi connectivity index (χ2n) is 7.02. The summed E-state index contributed by atoms with van der Waals surface area (Å²) < 4.78 is 5.49. The number of nitrogens with two attached hydrogens (primary N) is 1. The van der Waals surface area contributed by atoms with Gasteiger partial charge in [0.25, 0.3) is 0 Å². The number of carbonyl (C=O) groups is 1. The summed E-state index contributed by atoms with van der Waals surface area (Å²) in [5.74, 6) is 0.368. The Labute approximate surface area is 173 Å². The number of morpholine rings is 1. The van der Waals surface area contributed by atoms with Crippen LogP contribution in [0.2, 0.25) is 0 Å². The molecule has 1 aliphatic carbocycles. The number of halogens is 2. The Bertz CT molecular complexity index is 527. The summed E-state index contributed by atoms with van der Waals surface area (Å²) in [6.07, 6.45) is 3.95. The van der Waals surface area contributed by atoms with Crippen LogP contribution in [-0.2, 0) is 9.53 Å². The first-order valence-corrected chi connectivity index (χ1v) is 9.89. The number of likely N-dealkylation sites (N-methyl/N-ethyl adjacent to an activating group) is 1. The molecule has 2 fully saturated rings. The van der Waals surface area contributed by atoms with Gasteiger partial charge in [0.1, 0.15) is 0 Å². The summed E-state index contributed by atoms with van der Waals surface area (Å²) in [7, 11) is 1.95. The topological polar surface area (TPSA) is 58.8 Å². The summed E-state index contributed by atoms with van der Waals surface area (Å²) in [5, 5.41) is 2.12. The third-order valence-corrected chi connectivity index (χ3v) is 6.22. The van der Waals surface area contributed by atoms with Gasteiger partial charge >= 0.3 is 0 Å². The van der Waals surface area contributed by atoms with Crippen molar-refractivity contribution < 1.29 is 9.53 Å². The van der Waals surface area contributed by atoms with E-state index in [0.29, 0.717) is 0 Å². The molecule has 8 heteroatoms. The Kier molecular flexibility index (Phi) is 10.4. The third kappa shape index (κ3) is 6.08. The molecule has 3 unspecified atom stereocenters. The number of carbonyl (C=O) groups excluding carboxylic acids is 1. The Hall–Kier alpha value is -0.370. The van der Waals surface area contributed by atoms with Gasteiger partial charge in [-0.15, -0.1) is 36.2 Å². The molecule has 2 heterocycles. The van der Waals surface area contributed by atoms with Gasteiger partial charge in [0, 0.05) is 43.5 Å². The van der Waals surface area contributed by atoms with Crippen LogP contribution in [0.25, 0.3) is 0 Å². The molecule has 150 valence electrons. The van der Waals surface area contributed by atoms with E-state index in [1.54, 1.807) is 11.3 Å². The molecule has 3 atom stereocenters. The van der Waals surface area contributed by atoms with Crippen molar-refractivity contribution in [3.8, 4) is 0 Å². The maximum Gasteiger partial charge on any atom is 0.225 e. The van der Waals surface area contributed by atoms with Gasteiger partial charge in [0.05, 0.1) is 19.3 Å². The van der Waals surface area contributed by atoms with Gasteiger partial charge in [-0.05, 0) is 30.7 Å². The second kappa shape index (κ2) is 11.5. The molecule has 0 spiro atoms. The summed E-state index contributed by atoms with van der Waals surface area (Å²) in [6.45, 7) is 4.15. The fourth-order valence-corrected chi connectivity index (χ4v) is 4.72. The van der Waals surface area contributed by atoms with Gasteiger partial charge in [-0.25, -0.2) is 0 Å². The fourth-order valence-electron chi connectivity index (χ4n) is 3.87. The van der Waals surface area contributed by atoms with Crippen molar-refractivity contribution in [1.82, 2.24) is 9.80 Å². The van der Waals surface area contributed by atoms with E-state index < -0.39 is 0 Å². The van der Waals surface area contributed by atoms with Gasteiger partial charge in [0.2, 0.25) is 5.91 Å². The summed E-state index contributed by atoms with van der Waals surface area (Å²) >= 11 is 1.77. The molecule has 2 N–H and O–H groups in total. The number of rotatable bonds is 5. The maximum absolute atomic E-state index is 12.9.